The molecule has 192 valence electrons. The van der Waals surface area contributed by atoms with Gasteiger partial charge in [-0.2, -0.15) is 4.98 Å². The highest BCUT2D eigenvalue weighted by molar-refractivity contribution is 5.79. The molecule has 1 amide bonds. The molecule has 2 aromatic carbocycles. The summed E-state index contributed by atoms with van der Waals surface area (Å²) in [6, 6.07) is 16.2. The molecule has 4 rings (SSSR count). The molecule has 0 saturated carbocycles. The Labute approximate surface area is 214 Å². The zero-order chi connectivity index (χ0) is 25.7. The lowest BCUT2D eigenvalue weighted by Gasteiger charge is -2.31. The van der Waals surface area contributed by atoms with Crippen molar-refractivity contribution in [3.63, 3.8) is 0 Å². The van der Waals surface area contributed by atoms with E-state index in [4.69, 9.17) is 9.26 Å². The lowest BCUT2D eigenvalue weighted by Crippen LogP contribution is -2.43. The molecule has 0 radical (unpaired) electrons. The van der Waals surface area contributed by atoms with E-state index in [0.717, 1.165) is 36.3 Å². The number of likely N-dealkylation sites (tertiary alicyclic amines) is 1. The maximum Gasteiger partial charge on any atom is 0.241 e. The van der Waals surface area contributed by atoms with Gasteiger partial charge in [-0.1, -0.05) is 62.3 Å². The van der Waals surface area contributed by atoms with Crippen molar-refractivity contribution >= 4 is 5.91 Å². The Balaban J connectivity index is 1.32. The molecule has 0 aliphatic carbocycles. The van der Waals surface area contributed by atoms with Crippen LogP contribution in [0, 0.1) is 5.92 Å². The van der Waals surface area contributed by atoms with Gasteiger partial charge in [-0.25, -0.2) is 0 Å². The highest BCUT2D eigenvalue weighted by Gasteiger charge is 2.28. The number of carbonyl (C=O) groups excluding carboxylic acids is 1. The number of nitrogens with one attached hydrogen (secondary N) is 1. The zero-order valence-electron chi connectivity index (χ0n) is 22.1. The topological polar surface area (TPSA) is 80.5 Å². The first kappa shape index (κ1) is 25.9. The molecule has 1 aliphatic rings. The Kier molecular flexibility index (Phi) is 8.09. The lowest BCUT2D eigenvalue weighted by atomic mass is 9.87. The van der Waals surface area contributed by atoms with Crippen molar-refractivity contribution < 1.29 is 14.1 Å². The second-order valence-corrected chi connectivity index (χ2v) is 10.6. The van der Waals surface area contributed by atoms with E-state index < -0.39 is 0 Å². The van der Waals surface area contributed by atoms with Crippen LogP contribution in [-0.2, 0) is 16.8 Å². The molecule has 0 spiro atoms. The van der Waals surface area contributed by atoms with Crippen molar-refractivity contribution in [2.45, 2.75) is 65.5 Å². The SMILES string of the molecule is CCOc1ccc(C(C)NC(=O)C2CCCN(Cc3nc(-c4ccc(C(C)(C)C)cc4)no3)C2)cc1. The average Bonchev–Trinajstić information content (AvgIpc) is 3.33. The Hall–Kier alpha value is -3.19. The minimum atomic E-state index is -0.0632. The fourth-order valence-corrected chi connectivity index (χ4v) is 4.59. The van der Waals surface area contributed by atoms with Crippen LogP contribution < -0.4 is 10.1 Å². The van der Waals surface area contributed by atoms with Gasteiger partial charge in [0.15, 0.2) is 0 Å². The highest BCUT2D eigenvalue weighted by Crippen LogP contribution is 2.26. The minimum absolute atomic E-state index is 0.0590. The Bertz CT molecular complexity index is 1130. The quantitative estimate of drug-likeness (QED) is 0.448. The molecular weight excluding hydrogens is 452 g/mol. The summed E-state index contributed by atoms with van der Waals surface area (Å²) in [4.78, 5) is 19.9. The van der Waals surface area contributed by atoms with Crippen LogP contribution in [0.2, 0.25) is 0 Å². The van der Waals surface area contributed by atoms with Crippen LogP contribution in [-0.4, -0.2) is 40.6 Å². The van der Waals surface area contributed by atoms with Crippen LogP contribution in [0.3, 0.4) is 0 Å². The van der Waals surface area contributed by atoms with Crippen molar-refractivity contribution in [1.29, 1.82) is 0 Å². The summed E-state index contributed by atoms with van der Waals surface area (Å²) in [6.07, 6.45) is 1.85. The van der Waals surface area contributed by atoms with Crippen molar-refractivity contribution in [3.05, 3.63) is 65.5 Å². The standard InChI is InChI=1S/C29H38N4O3/c1-6-35-25-15-11-21(12-16-25)20(2)30-28(34)23-8-7-17-33(18-23)19-26-31-27(32-36-26)22-9-13-24(14-10-22)29(3,4)5/h9-16,20,23H,6-8,17-19H2,1-5H3,(H,30,34). The van der Waals surface area contributed by atoms with Crippen LogP contribution in [0.5, 0.6) is 5.75 Å². The fourth-order valence-electron chi connectivity index (χ4n) is 4.59. The molecule has 36 heavy (non-hydrogen) atoms. The maximum atomic E-state index is 13.0. The predicted octanol–water partition coefficient (Wildman–Crippen LogP) is 5.52. The van der Waals surface area contributed by atoms with Crippen molar-refractivity contribution in [2.24, 2.45) is 5.92 Å². The smallest absolute Gasteiger partial charge is 0.241 e. The Morgan fingerprint density at radius 3 is 2.56 bits per heavy atom. The first-order chi connectivity index (χ1) is 17.2. The number of aromatic nitrogens is 2. The number of nitrogens with zero attached hydrogens (tertiary/aromatic N) is 3. The van der Waals surface area contributed by atoms with E-state index in [1.807, 2.05) is 50.2 Å². The van der Waals surface area contributed by atoms with E-state index in [9.17, 15) is 4.79 Å². The Morgan fingerprint density at radius 1 is 1.17 bits per heavy atom. The first-order valence-electron chi connectivity index (χ1n) is 12.9. The van der Waals surface area contributed by atoms with Crippen LogP contribution in [0.25, 0.3) is 11.4 Å². The van der Waals surface area contributed by atoms with Gasteiger partial charge < -0.3 is 14.6 Å². The van der Waals surface area contributed by atoms with Crippen LogP contribution in [0.15, 0.2) is 53.1 Å². The number of rotatable bonds is 8. The number of hydrogen-bond acceptors (Lipinski definition) is 6. The number of hydrogen-bond donors (Lipinski definition) is 1. The van der Waals surface area contributed by atoms with Gasteiger partial charge in [-0.05, 0) is 61.9 Å². The van der Waals surface area contributed by atoms with E-state index in [0.29, 0.717) is 31.4 Å². The van der Waals surface area contributed by atoms with Gasteiger partial charge in [0.05, 0.1) is 25.1 Å². The van der Waals surface area contributed by atoms with Gasteiger partial charge in [-0.3, -0.25) is 9.69 Å². The van der Waals surface area contributed by atoms with Crippen molar-refractivity contribution in [2.75, 3.05) is 19.7 Å². The maximum absolute atomic E-state index is 13.0. The third kappa shape index (κ3) is 6.52. The van der Waals surface area contributed by atoms with Crippen LogP contribution in [0.1, 0.15) is 70.5 Å². The molecule has 1 fully saturated rings. The first-order valence-corrected chi connectivity index (χ1v) is 12.9. The van der Waals surface area contributed by atoms with Gasteiger partial charge in [0.2, 0.25) is 17.6 Å². The van der Waals surface area contributed by atoms with Gasteiger partial charge in [0.25, 0.3) is 0 Å². The molecule has 0 bridgehead atoms. The number of piperidine rings is 1. The van der Waals surface area contributed by atoms with E-state index in [2.05, 4.69) is 53.3 Å². The fraction of sp³-hybridized carbons (Fsp3) is 0.483. The Morgan fingerprint density at radius 2 is 1.89 bits per heavy atom. The number of ether oxygens (including phenoxy) is 1. The molecule has 1 aliphatic heterocycles. The summed E-state index contributed by atoms with van der Waals surface area (Å²) in [5, 5.41) is 7.37. The molecule has 7 nitrogen and oxygen atoms in total. The van der Waals surface area contributed by atoms with E-state index in [1.165, 1.54) is 5.56 Å². The molecule has 1 saturated heterocycles. The van der Waals surface area contributed by atoms with Crippen LogP contribution in [0.4, 0.5) is 0 Å². The van der Waals surface area contributed by atoms with Gasteiger partial charge in [-0.15, -0.1) is 0 Å². The normalized spacial score (nSPS) is 17.5. The highest BCUT2D eigenvalue weighted by atomic mass is 16.5. The summed E-state index contributed by atoms with van der Waals surface area (Å²) in [7, 11) is 0. The zero-order valence-corrected chi connectivity index (χ0v) is 22.1. The summed E-state index contributed by atoms with van der Waals surface area (Å²) in [5.41, 5.74) is 3.37. The molecule has 2 unspecified atom stereocenters. The number of carbonyl (C=O) groups is 1. The largest absolute Gasteiger partial charge is 0.494 e. The molecule has 2 atom stereocenters. The predicted molar refractivity (Wildman–Crippen MR) is 141 cm³/mol. The van der Waals surface area contributed by atoms with Gasteiger partial charge >= 0.3 is 0 Å². The van der Waals surface area contributed by atoms with Gasteiger partial charge in [0.1, 0.15) is 5.75 Å². The number of amides is 1. The van der Waals surface area contributed by atoms with Gasteiger partial charge in [0, 0.05) is 12.1 Å². The third-order valence-corrected chi connectivity index (χ3v) is 6.76. The van der Waals surface area contributed by atoms with E-state index in [1.54, 1.807) is 0 Å². The minimum Gasteiger partial charge on any atom is -0.494 e. The second kappa shape index (κ2) is 11.2. The van der Waals surface area contributed by atoms with E-state index in [-0.39, 0.29) is 23.3 Å². The molecule has 7 heteroatoms. The summed E-state index contributed by atoms with van der Waals surface area (Å²) in [6.45, 7) is 13.3. The molecule has 3 aromatic rings. The molecular formula is C29H38N4O3. The number of benzene rings is 2. The van der Waals surface area contributed by atoms with Crippen molar-refractivity contribution in [3.8, 4) is 17.1 Å². The summed E-state index contributed by atoms with van der Waals surface area (Å²) < 4.78 is 11.1. The second-order valence-electron chi connectivity index (χ2n) is 10.6. The molecule has 2 heterocycles. The lowest BCUT2D eigenvalue weighted by molar-refractivity contribution is -0.127. The molecule has 1 N–H and O–H groups in total. The molecule has 1 aromatic heterocycles. The van der Waals surface area contributed by atoms with Crippen molar-refractivity contribution in [1.82, 2.24) is 20.4 Å². The van der Waals surface area contributed by atoms with E-state index >= 15 is 0 Å². The average molecular weight is 491 g/mol. The summed E-state index contributed by atoms with van der Waals surface area (Å²) >= 11 is 0. The van der Waals surface area contributed by atoms with Crippen LogP contribution >= 0.6 is 0 Å². The summed E-state index contributed by atoms with van der Waals surface area (Å²) in [5.74, 6) is 2.05. The monoisotopic (exact) mass is 490 g/mol. The third-order valence-electron chi connectivity index (χ3n) is 6.76.